The number of hydrogen-bond acceptors (Lipinski definition) is 2. The number of rotatable bonds is 2. The molecule has 0 bridgehead atoms. The van der Waals surface area contributed by atoms with E-state index in [0.29, 0.717) is 11.3 Å². The molecule has 0 atom stereocenters. The molecule has 0 unspecified atom stereocenters. The van der Waals surface area contributed by atoms with Crippen LogP contribution < -0.4 is 4.74 Å². The van der Waals surface area contributed by atoms with Crippen LogP contribution in [0.5, 0.6) is 5.75 Å². The van der Waals surface area contributed by atoms with Crippen molar-refractivity contribution >= 4 is 0 Å². The average Bonchev–Trinajstić information content (AvgIpc) is 2.09. The van der Waals surface area contributed by atoms with Crippen LogP contribution in [0.25, 0.3) is 0 Å². The average molecular weight is 165 g/mol. The molecule has 1 aromatic carbocycles. The van der Waals surface area contributed by atoms with E-state index in [0.717, 1.165) is 0 Å². The lowest BCUT2D eigenvalue weighted by molar-refractivity contribution is 0.411. The molecule has 62 valence electrons. The van der Waals surface area contributed by atoms with E-state index < -0.39 is 5.82 Å². The molecule has 0 aromatic heterocycles. The zero-order valence-corrected chi connectivity index (χ0v) is 6.67. The fraction of sp³-hybridized carbons (Fsp3) is 0.222. The summed E-state index contributed by atoms with van der Waals surface area (Å²) in [4.78, 5) is 0. The first kappa shape index (κ1) is 8.54. The highest BCUT2D eigenvalue weighted by Crippen LogP contribution is 2.16. The van der Waals surface area contributed by atoms with Gasteiger partial charge in [0.05, 0.1) is 19.6 Å². The number of hydrogen-bond donors (Lipinski definition) is 0. The predicted octanol–water partition coefficient (Wildman–Crippen LogP) is 1.90. The third-order valence-electron chi connectivity index (χ3n) is 1.53. The van der Waals surface area contributed by atoms with E-state index in [2.05, 4.69) is 0 Å². The van der Waals surface area contributed by atoms with E-state index >= 15 is 0 Å². The Kier molecular flexibility index (Phi) is 2.65. The van der Waals surface area contributed by atoms with Crippen LogP contribution in [0, 0.1) is 17.1 Å². The van der Waals surface area contributed by atoms with Crippen LogP contribution in [-0.4, -0.2) is 7.11 Å². The molecule has 1 rings (SSSR count). The van der Waals surface area contributed by atoms with Crippen molar-refractivity contribution in [2.45, 2.75) is 6.42 Å². The van der Waals surface area contributed by atoms with Gasteiger partial charge in [-0.1, -0.05) is 6.07 Å². The second-order valence-corrected chi connectivity index (χ2v) is 2.29. The summed E-state index contributed by atoms with van der Waals surface area (Å²) in [6, 6.07) is 6.34. The number of methoxy groups -OCH3 is 1. The lowest BCUT2D eigenvalue weighted by Gasteiger charge is -2.01. The van der Waals surface area contributed by atoms with Crippen LogP contribution in [0.3, 0.4) is 0 Å². The summed E-state index contributed by atoms with van der Waals surface area (Å²) in [6.45, 7) is 0. The van der Waals surface area contributed by atoms with Crippen molar-refractivity contribution < 1.29 is 9.13 Å². The fourth-order valence-corrected chi connectivity index (χ4v) is 0.884. The number of ether oxygens (including phenoxy) is 1. The maximum Gasteiger partial charge on any atom is 0.131 e. The normalized spacial score (nSPS) is 9.08. The van der Waals surface area contributed by atoms with E-state index in [-0.39, 0.29) is 6.42 Å². The van der Waals surface area contributed by atoms with Crippen LogP contribution in [-0.2, 0) is 6.42 Å². The third-order valence-corrected chi connectivity index (χ3v) is 1.53. The maximum atomic E-state index is 13.0. The standard InChI is InChI=1S/C9H8FNO/c1-12-8-3-2-7(4-5-11)9(10)6-8/h2-3,6H,4H2,1H3. The molecule has 2 nitrogen and oxygen atoms in total. The lowest BCUT2D eigenvalue weighted by atomic mass is 10.1. The fourth-order valence-electron chi connectivity index (χ4n) is 0.884. The van der Waals surface area contributed by atoms with Gasteiger partial charge in [0.25, 0.3) is 0 Å². The largest absolute Gasteiger partial charge is 0.497 e. The first-order chi connectivity index (χ1) is 5.77. The zero-order chi connectivity index (χ0) is 8.97. The van der Waals surface area contributed by atoms with Gasteiger partial charge in [-0.3, -0.25) is 0 Å². The van der Waals surface area contributed by atoms with Gasteiger partial charge in [-0.2, -0.15) is 5.26 Å². The van der Waals surface area contributed by atoms with Crippen LogP contribution in [0.1, 0.15) is 5.56 Å². The minimum Gasteiger partial charge on any atom is -0.497 e. The Morgan fingerprint density at radius 2 is 2.33 bits per heavy atom. The molecule has 0 spiro atoms. The molecule has 12 heavy (non-hydrogen) atoms. The van der Waals surface area contributed by atoms with Crippen molar-refractivity contribution in [3.63, 3.8) is 0 Å². The Balaban J connectivity index is 2.97. The molecule has 0 N–H and O–H groups in total. The monoisotopic (exact) mass is 165 g/mol. The quantitative estimate of drug-likeness (QED) is 0.670. The molecule has 0 saturated carbocycles. The van der Waals surface area contributed by atoms with Crippen LogP contribution >= 0.6 is 0 Å². The number of benzene rings is 1. The van der Waals surface area contributed by atoms with Gasteiger partial charge in [-0.05, 0) is 6.07 Å². The molecule has 0 aliphatic carbocycles. The summed E-state index contributed by atoms with van der Waals surface area (Å²) in [6.07, 6.45) is 0.0931. The molecule has 0 aliphatic heterocycles. The third kappa shape index (κ3) is 1.73. The highest BCUT2D eigenvalue weighted by atomic mass is 19.1. The molecule has 0 heterocycles. The van der Waals surface area contributed by atoms with Gasteiger partial charge in [0.2, 0.25) is 0 Å². The van der Waals surface area contributed by atoms with Crippen molar-refractivity contribution in [3.8, 4) is 11.8 Å². The van der Waals surface area contributed by atoms with E-state index in [4.69, 9.17) is 10.00 Å². The molecule has 0 aliphatic rings. The molecule has 3 heteroatoms. The van der Waals surface area contributed by atoms with Crippen LogP contribution in [0.2, 0.25) is 0 Å². The second-order valence-electron chi connectivity index (χ2n) is 2.29. The Hall–Kier alpha value is -1.56. The minimum atomic E-state index is -0.393. The summed E-state index contributed by atoms with van der Waals surface area (Å²) >= 11 is 0. The SMILES string of the molecule is COc1ccc(CC#N)c(F)c1. The molecule has 0 radical (unpaired) electrons. The molecule has 1 aromatic rings. The topological polar surface area (TPSA) is 33.0 Å². The highest BCUT2D eigenvalue weighted by molar-refractivity contribution is 5.30. The molecule has 0 saturated heterocycles. The van der Waals surface area contributed by atoms with E-state index in [1.54, 1.807) is 12.1 Å². The zero-order valence-electron chi connectivity index (χ0n) is 6.67. The number of nitrogens with zero attached hydrogens (tertiary/aromatic N) is 1. The summed E-state index contributed by atoms with van der Waals surface area (Å²) in [5.41, 5.74) is 0.401. The van der Waals surface area contributed by atoms with Gasteiger partial charge in [0.15, 0.2) is 0 Å². The molecule has 0 amide bonds. The van der Waals surface area contributed by atoms with Gasteiger partial charge >= 0.3 is 0 Å². The van der Waals surface area contributed by atoms with E-state index in [1.165, 1.54) is 13.2 Å². The summed E-state index contributed by atoms with van der Waals surface area (Å²) in [7, 11) is 1.47. The maximum absolute atomic E-state index is 13.0. The highest BCUT2D eigenvalue weighted by Gasteiger charge is 2.02. The van der Waals surface area contributed by atoms with Crippen molar-refractivity contribution in [2.75, 3.05) is 7.11 Å². The van der Waals surface area contributed by atoms with E-state index in [9.17, 15) is 4.39 Å². The van der Waals surface area contributed by atoms with Crippen molar-refractivity contribution in [2.24, 2.45) is 0 Å². The molecular weight excluding hydrogens is 157 g/mol. The number of halogens is 1. The first-order valence-corrected chi connectivity index (χ1v) is 3.47. The van der Waals surface area contributed by atoms with Crippen molar-refractivity contribution in [3.05, 3.63) is 29.6 Å². The Labute approximate surface area is 70.2 Å². The van der Waals surface area contributed by atoms with E-state index in [1.807, 2.05) is 6.07 Å². The van der Waals surface area contributed by atoms with Crippen molar-refractivity contribution in [1.82, 2.24) is 0 Å². The van der Waals surface area contributed by atoms with Crippen LogP contribution in [0.15, 0.2) is 18.2 Å². The second kappa shape index (κ2) is 3.72. The summed E-state index contributed by atoms with van der Waals surface area (Å²) < 4.78 is 17.8. The van der Waals surface area contributed by atoms with Gasteiger partial charge in [-0.15, -0.1) is 0 Å². The Morgan fingerprint density at radius 1 is 1.58 bits per heavy atom. The van der Waals surface area contributed by atoms with Gasteiger partial charge in [0, 0.05) is 11.6 Å². The summed E-state index contributed by atoms with van der Waals surface area (Å²) in [5.74, 6) is 0.0742. The first-order valence-electron chi connectivity index (χ1n) is 3.47. The lowest BCUT2D eigenvalue weighted by Crippen LogP contribution is -1.90. The van der Waals surface area contributed by atoms with Gasteiger partial charge in [0.1, 0.15) is 11.6 Å². The smallest absolute Gasteiger partial charge is 0.131 e. The predicted molar refractivity (Wildman–Crippen MR) is 42.3 cm³/mol. The Bertz CT molecular complexity index is 317. The molecule has 0 fully saturated rings. The summed E-state index contributed by atoms with van der Waals surface area (Å²) in [5, 5.41) is 8.32. The van der Waals surface area contributed by atoms with Crippen LogP contribution in [0.4, 0.5) is 4.39 Å². The van der Waals surface area contributed by atoms with Crippen molar-refractivity contribution in [1.29, 1.82) is 5.26 Å². The number of nitriles is 1. The Morgan fingerprint density at radius 3 is 2.83 bits per heavy atom. The minimum absolute atomic E-state index is 0.0931. The van der Waals surface area contributed by atoms with Gasteiger partial charge in [-0.25, -0.2) is 4.39 Å². The van der Waals surface area contributed by atoms with Gasteiger partial charge < -0.3 is 4.74 Å². The molecular formula is C9H8FNO.